The van der Waals surface area contributed by atoms with E-state index >= 15 is 0 Å². The lowest BCUT2D eigenvalue weighted by Crippen LogP contribution is -2.54. The van der Waals surface area contributed by atoms with Crippen LogP contribution in [-0.4, -0.2) is 31.4 Å². The van der Waals surface area contributed by atoms with Gasteiger partial charge in [-0.1, -0.05) is 26.0 Å². The summed E-state index contributed by atoms with van der Waals surface area (Å²) in [6.45, 7) is 8.56. The molecule has 1 atom stereocenters. The highest BCUT2D eigenvalue weighted by atomic mass is 32.2. The highest BCUT2D eigenvalue weighted by Gasteiger charge is 2.37. The summed E-state index contributed by atoms with van der Waals surface area (Å²) in [6, 6.07) is 7.03. The number of nitrogens with two attached hydrogens (primary N) is 1. The molecule has 1 aromatic carbocycles. The summed E-state index contributed by atoms with van der Waals surface area (Å²) >= 11 is 0. The normalized spacial score (nSPS) is 15.3. The second-order valence-corrected chi connectivity index (χ2v) is 7.31. The summed E-state index contributed by atoms with van der Waals surface area (Å²) in [5.74, 6) is 0. The Morgan fingerprint density at radius 1 is 1.30 bits per heavy atom. The molecule has 1 unspecified atom stereocenters. The van der Waals surface area contributed by atoms with E-state index in [0.717, 1.165) is 12.0 Å². The van der Waals surface area contributed by atoms with Gasteiger partial charge in [-0.2, -0.15) is 4.31 Å². The van der Waals surface area contributed by atoms with Crippen molar-refractivity contribution in [2.75, 3.05) is 13.1 Å². The Bertz CT molecular complexity index is 537. The predicted molar refractivity (Wildman–Crippen MR) is 83.1 cm³/mol. The van der Waals surface area contributed by atoms with Gasteiger partial charge in [0.05, 0.1) is 4.90 Å². The van der Waals surface area contributed by atoms with E-state index in [2.05, 4.69) is 0 Å². The van der Waals surface area contributed by atoms with Gasteiger partial charge >= 0.3 is 0 Å². The van der Waals surface area contributed by atoms with Gasteiger partial charge in [0, 0.05) is 18.6 Å². The fourth-order valence-electron chi connectivity index (χ4n) is 2.21. The number of benzene rings is 1. The zero-order valence-electron chi connectivity index (χ0n) is 12.9. The molecule has 4 nitrogen and oxygen atoms in total. The molecule has 0 saturated heterocycles. The average molecular weight is 298 g/mol. The first-order valence-electron chi connectivity index (χ1n) is 7.11. The first-order chi connectivity index (χ1) is 9.31. The summed E-state index contributed by atoms with van der Waals surface area (Å²) in [4.78, 5) is 0.346. The van der Waals surface area contributed by atoms with Crippen molar-refractivity contribution >= 4 is 10.0 Å². The third-order valence-corrected chi connectivity index (χ3v) is 5.86. The molecule has 0 fully saturated rings. The topological polar surface area (TPSA) is 63.4 Å². The standard InChI is InChI=1S/C15H26N2O2S/c1-5-10-17(15(4,6-2)12-16)20(18,19)14-9-7-8-13(3)11-14/h7-9,11H,5-6,10,12,16H2,1-4H3. The van der Waals surface area contributed by atoms with E-state index < -0.39 is 15.6 Å². The zero-order valence-corrected chi connectivity index (χ0v) is 13.7. The molecule has 0 saturated carbocycles. The predicted octanol–water partition coefficient (Wildman–Crippen LogP) is 2.52. The molecule has 0 aliphatic rings. The largest absolute Gasteiger partial charge is 0.329 e. The summed E-state index contributed by atoms with van der Waals surface area (Å²) in [5, 5.41) is 0. The maximum atomic E-state index is 12.9. The van der Waals surface area contributed by atoms with E-state index in [-0.39, 0.29) is 0 Å². The van der Waals surface area contributed by atoms with Gasteiger partial charge in [-0.25, -0.2) is 8.42 Å². The number of hydrogen-bond acceptors (Lipinski definition) is 3. The first-order valence-corrected chi connectivity index (χ1v) is 8.55. The molecule has 114 valence electrons. The Hall–Kier alpha value is -0.910. The molecule has 2 N–H and O–H groups in total. The molecule has 1 rings (SSSR count). The molecule has 5 heteroatoms. The van der Waals surface area contributed by atoms with Gasteiger partial charge in [0.2, 0.25) is 10.0 Å². The van der Waals surface area contributed by atoms with Gasteiger partial charge in [0.15, 0.2) is 0 Å². The molecule has 0 aliphatic carbocycles. The highest BCUT2D eigenvalue weighted by Crippen LogP contribution is 2.27. The van der Waals surface area contributed by atoms with Crippen LogP contribution in [0.15, 0.2) is 29.2 Å². The molecule has 0 aromatic heterocycles. The van der Waals surface area contributed by atoms with E-state index in [1.54, 1.807) is 22.5 Å². The molecule has 20 heavy (non-hydrogen) atoms. The minimum absolute atomic E-state index is 0.314. The second kappa shape index (κ2) is 6.70. The molecule has 0 bridgehead atoms. The molecule has 0 heterocycles. The molecule has 0 aliphatic heterocycles. The number of sulfonamides is 1. The van der Waals surface area contributed by atoms with E-state index in [1.807, 2.05) is 33.8 Å². The number of rotatable bonds is 7. The highest BCUT2D eigenvalue weighted by molar-refractivity contribution is 7.89. The maximum absolute atomic E-state index is 12.9. The average Bonchev–Trinajstić information content (AvgIpc) is 2.44. The monoisotopic (exact) mass is 298 g/mol. The molecule has 1 aromatic rings. The Morgan fingerprint density at radius 3 is 2.40 bits per heavy atom. The van der Waals surface area contributed by atoms with Crippen molar-refractivity contribution in [2.24, 2.45) is 5.73 Å². The second-order valence-electron chi connectivity index (χ2n) is 5.45. The molecule has 0 spiro atoms. The number of hydrogen-bond donors (Lipinski definition) is 1. The van der Waals surface area contributed by atoms with Gasteiger partial charge in [-0.3, -0.25) is 0 Å². The Labute approximate surface area is 123 Å². The van der Waals surface area contributed by atoms with Crippen LogP contribution in [0.2, 0.25) is 0 Å². The van der Waals surface area contributed by atoms with Gasteiger partial charge in [0.1, 0.15) is 0 Å². The van der Waals surface area contributed by atoms with E-state index in [9.17, 15) is 8.42 Å². The lowest BCUT2D eigenvalue weighted by Gasteiger charge is -2.38. The molecule has 0 radical (unpaired) electrons. The van der Waals surface area contributed by atoms with Crippen molar-refractivity contribution in [2.45, 2.75) is 51.0 Å². The van der Waals surface area contributed by atoms with Gasteiger partial charge in [-0.15, -0.1) is 0 Å². The molecular formula is C15H26N2O2S. The third kappa shape index (κ3) is 3.40. The van der Waals surface area contributed by atoms with Crippen LogP contribution in [0.25, 0.3) is 0 Å². The Kier molecular flexibility index (Phi) is 5.74. The first kappa shape index (κ1) is 17.1. The van der Waals surface area contributed by atoms with Crippen LogP contribution >= 0.6 is 0 Å². The maximum Gasteiger partial charge on any atom is 0.243 e. The van der Waals surface area contributed by atoms with Gasteiger partial charge in [-0.05, 0) is 44.4 Å². The zero-order chi connectivity index (χ0) is 15.4. The van der Waals surface area contributed by atoms with Crippen molar-refractivity contribution in [3.05, 3.63) is 29.8 Å². The summed E-state index contributed by atoms with van der Waals surface area (Å²) in [5.41, 5.74) is 6.24. The SMILES string of the molecule is CCCN(C(C)(CC)CN)S(=O)(=O)c1cccc(C)c1. The van der Waals surface area contributed by atoms with Crippen LogP contribution in [0, 0.1) is 6.92 Å². The van der Waals surface area contributed by atoms with Crippen molar-refractivity contribution in [1.29, 1.82) is 0 Å². The van der Waals surface area contributed by atoms with Crippen molar-refractivity contribution in [3.8, 4) is 0 Å². The van der Waals surface area contributed by atoms with Crippen LogP contribution in [0.3, 0.4) is 0 Å². The van der Waals surface area contributed by atoms with E-state index in [1.165, 1.54) is 0 Å². The van der Waals surface area contributed by atoms with E-state index in [0.29, 0.717) is 24.4 Å². The lowest BCUT2D eigenvalue weighted by atomic mass is 9.99. The third-order valence-electron chi connectivity index (χ3n) is 3.81. The molecule has 0 amide bonds. The fourth-order valence-corrected chi connectivity index (χ4v) is 4.26. The minimum atomic E-state index is -3.51. The quantitative estimate of drug-likeness (QED) is 0.841. The smallest absolute Gasteiger partial charge is 0.243 e. The van der Waals surface area contributed by atoms with Gasteiger partial charge < -0.3 is 5.73 Å². The summed E-state index contributed by atoms with van der Waals surface area (Å²) in [7, 11) is -3.51. The van der Waals surface area contributed by atoms with Gasteiger partial charge in [0.25, 0.3) is 0 Å². The van der Waals surface area contributed by atoms with Crippen LogP contribution in [-0.2, 0) is 10.0 Å². The number of nitrogens with zero attached hydrogens (tertiary/aromatic N) is 1. The van der Waals surface area contributed by atoms with Crippen molar-refractivity contribution in [3.63, 3.8) is 0 Å². The van der Waals surface area contributed by atoms with Crippen LogP contribution < -0.4 is 5.73 Å². The summed E-state index contributed by atoms with van der Waals surface area (Å²) in [6.07, 6.45) is 1.45. The van der Waals surface area contributed by atoms with Crippen LogP contribution in [0.4, 0.5) is 0 Å². The summed E-state index contributed by atoms with van der Waals surface area (Å²) < 4.78 is 27.4. The lowest BCUT2D eigenvalue weighted by molar-refractivity contribution is 0.206. The fraction of sp³-hybridized carbons (Fsp3) is 0.600. The van der Waals surface area contributed by atoms with Crippen molar-refractivity contribution in [1.82, 2.24) is 4.31 Å². The minimum Gasteiger partial charge on any atom is -0.329 e. The van der Waals surface area contributed by atoms with Crippen LogP contribution in [0.5, 0.6) is 0 Å². The van der Waals surface area contributed by atoms with Crippen molar-refractivity contribution < 1.29 is 8.42 Å². The van der Waals surface area contributed by atoms with E-state index in [4.69, 9.17) is 5.73 Å². The Balaban J connectivity index is 3.33. The molecular weight excluding hydrogens is 272 g/mol. The number of aryl methyl sites for hydroxylation is 1. The van der Waals surface area contributed by atoms with Crippen LogP contribution in [0.1, 0.15) is 39.2 Å². The Morgan fingerprint density at radius 2 is 1.95 bits per heavy atom.